The Hall–Kier alpha value is -1.00. The van der Waals surface area contributed by atoms with Gasteiger partial charge in [0, 0.05) is 25.7 Å². The Morgan fingerprint density at radius 1 is 1.57 bits per heavy atom. The van der Waals surface area contributed by atoms with Gasteiger partial charge < -0.3 is 10.6 Å². The average molecular weight is 209 g/mol. The summed E-state index contributed by atoms with van der Waals surface area (Å²) in [5, 5.41) is 0. The molecule has 1 aromatic heterocycles. The lowest BCUT2D eigenvalue weighted by atomic mass is 10.3. The van der Waals surface area contributed by atoms with Crippen LogP contribution in [0.1, 0.15) is 12.1 Å². The lowest BCUT2D eigenvalue weighted by molar-refractivity contribution is 0.333. The highest BCUT2D eigenvalue weighted by molar-refractivity contribution is 7.80. The van der Waals surface area contributed by atoms with E-state index in [9.17, 15) is 0 Å². The minimum absolute atomic E-state index is 0.567. The molecule has 0 saturated carbocycles. The minimum Gasteiger partial charge on any atom is -0.393 e. The van der Waals surface area contributed by atoms with Gasteiger partial charge in [0.2, 0.25) is 0 Å². The molecule has 0 aliphatic carbocycles. The highest BCUT2D eigenvalue weighted by Crippen LogP contribution is 1.99. The second-order valence-electron chi connectivity index (χ2n) is 3.28. The second kappa shape index (κ2) is 5.67. The number of hydrogen-bond donors (Lipinski definition) is 1. The van der Waals surface area contributed by atoms with E-state index in [0.717, 1.165) is 25.2 Å². The zero-order valence-electron chi connectivity index (χ0n) is 8.31. The van der Waals surface area contributed by atoms with Gasteiger partial charge in [-0.1, -0.05) is 18.3 Å². The highest BCUT2D eigenvalue weighted by atomic mass is 32.1. The summed E-state index contributed by atoms with van der Waals surface area (Å²) in [7, 11) is 2.03. The van der Waals surface area contributed by atoms with Crippen molar-refractivity contribution in [2.75, 3.05) is 13.6 Å². The maximum absolute atomic E-state index is 5.42. The molecule has 0 unspecified atom stereocenters. The van der Waals surface area contributed by atoms with Gasteiger partial charge in [0.15, 0.2) is 0 Å². The SMILES string of the molecule is CN(CCC(N)=S)Cc1ccccn1. The van der Waals surface area contributed by atoms with E-state index in [2.05, 4.69) is 9.88 Å². The largest absolute Gasteiger partial charge is 0.393 e. The van der Waals surface area contributed by atoms with E-state index in [0.29, 0.717) is 4.99 Å². The lowest BCUT2D eigenvalue weighted by Crippen LogP contribution is -2.23. The van der Waals surface area contributed by atoms with Crippen molar-refractivity contribution in [3.05, 3.63) is 30.1 Å². The average Bonchev–Trinajstić information content (AvgIpc) is 2.16. The zero-order chi connectivity index (χ0) is 10.4. The summed E-state index contributed by atoms with van der Waals surface area (Å²) in [6.45, 7) is 1.72. The van der Waals surface area contributed by atoms with Crippen LogP contribution < -0.4 is 5.73 Å². The Balaban J connectivity index is 2.34. The van der Waals surface area contributed by atoms with Crippen LogP contribution in [0.25, 0.3) is 0 Å². The van der Waals surface area contributed by atoms with Crippen LogP contribution in [0.2, 0.25) is 0 Å². The molecule has 0 saturated heterocycles. The minimum atomic E-state index is 0.567. The van der Waals surface area contributed by atoms with Crippen molar-refractivity contribution in [3.8, 4) is 0 Å². The molecule has 1 aromatic rings. The normalized spacial score (nSPS) is 10.4. The number of pyridine rings is 1. The van der Waals surface area contributed by atoms with E-state index in [4.69, 9.17) is 18.0 Å². The molecule has 0 spiro atoms. The summed E-state index contributed by atoms with van der Waals surface area (Å²) in [6, 6.07) is 5.92. The molecule has 0 fully saturated rings. The quantitative estimate of drug-likeness (QED) is 0.740. The number of nitrogens with zero attached hydrogens (tertiary/aromatic N) is 2. The molecular weight excluding hydrogens is 194 g/mol. The Morgan fingerprint density at radius 3 is 2.93 bits per heavy atom. The van der Waals surface area contributed by atoms with Crippen LogP contribution in [0.15, 0.2) is 24.4 Å². The van der Waals surface area contributed by atoms with E-state index in [-0.39, 0.29) is 0 Å². The van der Waals surface area contributed by atoms with Crippen LogP contribution in [0.4, 0.5) is 0 Å². The number of rotatable bonds is 5. The maximum atomic E-state index is 5.42. The summed E-state index contributed by atoms with van der Waals surface area (Å²) >= 11 is 4.81. The Kier molecular flexibility index (Phi) is 4.49. The molecule has 0 aromatic carbocycles. The summed E-state index contributed by atoms with van der Waals surface area (Å²) in [6.07, 6.45) is 2.56. The van der Waals surface area contributed by atoms with Crippen molar-refractivity contribution < 1.29 is 0 Å². The van der Waals surface area contributed by atoms with Gasteiger partial charge in [0.05, 0.1) is 10.7 Å². The van der Waals surface area contributed by atoms with Gasteiger partial charge >= 0.3 is 0 Å². The first-order valence-electron chi connectivity index (χ1n) is 4.55. The predicted octanol–water partition coefficient (Wildman–Crippen LogP) is 1.19. The molecule has 0 atom stereocenters. The molecule has 0 bridgehead atoms. The van der Waals surface area contributed by atoms with Gasteiger partial charge in [-0.25, -0.2) is 0 Å². The molecule has 0 aliphatic heterocycles. The Morgan fingerprint density at radius 2 is 2.36 bits per heavy atom. The lowest BCUT2D eigenvalue weighted by Gasteiger charge is -2.15. The second-order valence-corrected chi connectivity index (χ2v) is 3.80. The van der Waals surface area contributed by atoms with Crippen LogP contribution >= 0.6 is 12.2 Å². The van der Waals surface area contributed by atoms with Crippen LogP contribution in [-0.4, -0.2) is 28.5 Å². The number of aromatic nitrogens is 1. The fourth-order valence-electron chi connectivity index (χ4n) is 1.15. The first kappa shape index (κ1) is 11.1. The third-order valence-electron chi connectivity index (χ3n) is 1.90. The first-order valence-corrected chi connectivity index (χ1v) is 4.96. The Bertz CT molecular complexity index is 287. The maximum Gasteiger partial charge on any atom is 0.0740 e. The van der Waals surface area contributed by atoms with Gasteiger partial charge in [-0.15, -0.1) is 0 Å². The van der Waals surface area contributed by atoms with Crippen molar-refractivity contribution in [1.82, 2.24) is 9.88 Å². The number of thiocarbonyl (C=S) groups is 1. The molecule has 0 aliphatic rings. The highest BCUT2D eigenvalue weighted by Gasteiger charge is 2.00. The molecular formula is C10H15N3S. The topological polar surface area (TPSA) is 42.1 Å². The van der Waals surface area contributed by atoms with Gasteiger partial charge in [-0.3, -0.25) is 4.98 Å². The van der Waals surface area contributed by atoms with E-state index in [1.807, 2.05) is 25.2 Å². The smallest absolute Gasteiger partial charge is 0.0740 e. The fraction of sp³-hybridized carbons (Fsp3) is 0.400. The van der Waals surface area contributed by atoms with E-state index >= 15 is 0 Å². The predicted molar refractivity (Wildman–Crippen MR) is 62.0 cm³/mol. The van der Waals surface area contributed by atoms with Gasteiger partial charge in [0.1, 0.15) is 0 Å². The molecule has 1 rings (SSSR count). The van der Waals surface area contributed by atoms with Crippen LogP contribution in [0.5, 0.6) is 0 Å². The summed E-state index contributed by atoms with van der Waals surface area (Å²) in [4.78, 5) is 6.96. The first-order chi connectivity index (χ1) is 6.68. The molecule has 14 heavy (non-hydrogen) atoms. The molecule has 0 radical (unpaired) electrons. The molecule has 2 N–H and O–H groups in total. The summed E-state index contributed by atoms with van der Waals surface area (Å²) < 4.78 is 0. The van der Waals surface area contributed by atoms with Crippen molar-refractivity contribution in [3.63, 3.8) is 0 Å². The van der Waals surface area contributed by atoms with Crippen molar-refractivity contribution in [2.45, 2.75) is 13.0 Å². The van der Waals surface area contributed by atoms with Crippen LogP contribution in [0, 0.1) is 0 Å². The molecule has 76 valence electrons. The van der Waals surface area contributed by atoms with Crippen molar-refractivity contribution in [1.29, 1.82) is 0 Å². The third-order valence-corrected chi connectivity index (χ3v) is 2.10. The summed E-state index contributed by atoms with van der Waals surface area (Å²) in [5.74, 6) is 0. The van der Waals surface area contributed by atoms with Crippen LogP contribution in [0.3, 0.4) is 0 Å². The van der Waals surface area contributed by atoms with Crippen LogP contribution in [-0.2, 0) is 6.54 Å². The Labute approximate surface area is 89.9 Å². The fourth-order valence-corrected chi connectivity index (χ4v) is 1.24. The van der Waals surface area contributed by atoms with E-state index in [1.54, 1.807) is 6.20 Å². The van der Waals surface area contributed by atoms with Crippen molar-refractivity contribution >= 4 is 17.2 Å². The molecule has 0 amide bonds. The standard InChI is InChI=1S/C10H15N3S/c1-13(7-5-10(11)14)8-9-4-2-3-6-12-9/h2-4,6H,5,7-8H2,1H3,(H2,11,14). The van der Waals surface area contributed by atoms with E-state index in [1.165, 1.54) is 0 Å². The monoisotopic (exact) mass is 209 g/mol. The van der Waals surface area contributed by atoms with Crippen molar-refractivity contribution in [2.24, 2.45) is 5.73 Å². The number of hydrogen-bond acceptors (Lipinski definition) is 3. The summed E-state index contributed by atoms with van der Waals surface area (Å²) in [5.41, 5.74) is 6.49. The van der Waals surface area contributed by atoms with Gasteiger partial charge in [-0.05, 0) is 19.2 Å². The van der Waals surface area contributed by atoms with Gasteiger partial charge in [-0.2, -0.15) is 0 Å². The number of nitrogens with two attached hydrogens (primary N) is 1. The molecule has 3 nitrogen and oxygen atoms in total. The molecule has 4 heteroatoms. The molecule has 1 heterocycles. The third kappa shape index (κ3) is 4.30. The van der Waals surface area contributed by atoms with E-state index < -0.39 is 0 Å². The zero-order valence-corrected chi connectivity index (χ0v) is 9.13. The van der Waals surface area contributed by atoms with Gasteiger partial charge in [0.25, 0.3) is 0 Å².